The fraction of sp³-hybridized carbons (Fsp3) is 0.429. The number of aliphatic hydroxyl groups excluding tert-OH is 1. The fourth-order valence-corrected chi connectivity index (χ4v) is 3.21. The van der Waals surface area contributed by atoms with Crippen molar-refractivity contribution < 1.29 is 5.11 Å². The molecule has 0 bridgehead atoms. The third-order valence-corrected chi connectivity index (χ3v) is 4.28. The number of hydrogen-bond donors (Lipinski definition) is 1. The Labute approximate surface area is 120 Å². The van der Waals surface area contributed by atoms with Crippen LogP contribution in [0, 0.1) is 11.8 Å². The van der Waals surface area contributed by atoms with Crippen molar-refractivity contribution in [2.24, 2.45) is 0 Å². The molecule has 3 rings (SSSR count). The Hall–Kier alpha value is -1.84. The summed E-state index contributed by atoms with van der Waals surface area (Å²) >= 11 is 1.56. The molecule has 0 fully saturated rings. The van der Waals surface area contributed by atoms with E-state index in [1.54, 1.807) is 15.9 Å². The summed E-state index contributed by atoms with van der Waals surface area (Å²) in [5.74, 6) is 6.43. The molecule has 0 spiro atoms. The number of nitrogens with zero attached hydrogens (tertiary/aromatic N) is 3. The first-order valence-corrected chi connectivity index (χ1v) is 7.50. The van der Waals surface area contributed by atoms with Gasteiger partial charge in [-0.15, -0.1) is 11.3 Å². The highest BCUT2D eigenvalue weighted by molar-refractivity contribution is 7.10. The van der Waals surface area contributed by atoms with Gasteiger partial charge >= 0.3 is 5.69 Å². The lowest BCUT2D eigenvalue weighted by molar-refractivity contribution is 0.350. The Balaban J connectivity index is 1.90. The molecule has 1 aliphatic heterocycles. The van der Waals surface area contributed by atoms with E-state index < -0.39 is 0 Å². The Morgan fingerprint density at radius 2 is 2.35 bits per heavy atom. The molecule has 6 heteroatoms. The smallest absolute Gasteiger partial charge is 0.346 e. The van der Waals surface area contributed by atoms with Crippen molar-refractivity contribution in [1.82, 2.24) is 14.3 Å². The summed E-state index contributed by atoms with van der Waals surface area (Å²) in [5.41, 5.74) is 0.830. The maximum atomic E-state index is 12.3. The molecule has 1 aliphatic rings. The minimum Gasteiger partial charge on any atom is -0.384 e. The Morgan fingerprint density at radius 3 is 3.15 bits per heavy atom. The molecule has 0 saturated heterocycles. The van der Waals surface area contributed by atoms with E-state index in [0.29, 0.717) is 6.54 Å². The maximum Gasteiger partial charge on any atom is 0.346 e. The van der Waals surface area contributed by atoms with Crippen molar-refractivity contribution >= 4 is 11.3 Å². The van der Waals surface area contributed by atoms with Crippen molar-refractivity contribution in [3.63, 3.8) is 0 Å². The molecule has 0 amide bonds. The van der Waals surface area contributed by atoms with Crippen LogP contribution in [-0.4, -0.2) is 26.1 Å². The van der Waals surface area contributed by atoms with E-state index in [1.807, 2.05) is 11.4 Å². The molecule has 5 nitrogen and oxygen atoms in total. The first kappa shape index (κ1) is 13.2. The number of aliphatic hydroxyl groups is 1. The number of hydrogen-bond acceptors (Lipinski definition) is 4. The zero-order valence-corrected chi connectivity index (χ0v) is 11.8. The van der Waals surface area contributed by atoms with Gasteiger partial charge in [-0.05, 0) is 24.3 Å². The van der Waals surface area contributed by atoms with Gasteiger partial charge in [0.05, 0.1) is 6.54 Å². The third kappa shape index (κ3) is 2.42. The molecule has 0 aliphatic carbocycles. The monoisotopic (exact) mass is 289 g/mol. The van der Waals surface area contributed by atoms with Crippen LogP contribution in [0.2, 0.25) is 0 Å². The van der Waals surface area contributed by atoms with Crippen LogP contribution in [0.5, 0.6) is 0 Å². The molecule has 0 radical (unpaired) electrons. The van der Waals surface area contributed by atoms with Gasteiger partial charge in [-0.25, -0.2) is 9.48 Å². The van der Waals surface area contributed by atoms with E-state index in [4.69, 9.17) is 5.11 Å². The summed E-state index contributed by atoms with van der Waals surface area (Å²) in [6.07, 6.45) is 3.03. The van der Waals surface area contributed by atoms with Crippen molar-refractivity contribution in [1.29, 1.82) is 0 Å². The summed E-state index contributed by atoms with van der Waals surface area (Å²) < 4.78 is 3.30. The number of thiophene rings is 1. The van der Waals surface area contributed by atoms with Crippen LogP contribution in [0.25, 0.3) is 0 Å². The van der Waals surface area contributed by atoms with Gasteiger partial charge in [0.15, 0.2) is 0 Å². The number of aryl methyl sites for hydroxylation is 1. The van der Waals surface area contributed by atoms with E-state index in [9.17, 15) is 4.79 Å². The molecular weight excluding hydrogens is 274 g/mol. The third-order valence-electron chi connectivity index (χ3n) is 3.37. The van der Waals surface area contributed by atoms with E-state index in [1.165, 1.54) is 4.68 Å². The largest absolute Gasteiger partial charge is 0.384 e. The summed E-state index contributed by atoms with van der Waals surface area (Å²) in [6.45, 7) is 1.07. The van der Waals surface area contributed by atoms with Gasteiger partial charge in [0, 0.05) is 23.4 Å². The standard InChI is InChI=1S/C14H15N3O2S/c18-8-3-4-11-6-9-20-12(11)10-17-14(19)16-7-2-1-5-13(16)15-17/h6,9,18H,1-2,5,7-8,10H2. The molecule has 2 aromatic heterocycles. The summed E-state index contributed by atoms with van der Waals surface area (Å²) in [6, 6.07) is 1.91. The van der Waals surface area contributed by atoms with Gasteiger partial charge in [-0.1, -0.05) is 11.8 Å². The average molecular weight is 289 g/mol. The van der Waals surface area contributed by atoms with Crippen LogP contribution in [0.3, 0.4) is 0 Å². The lowest BCUT2D eigenvalue weighted by Gasteiger charge is -2.09. The minimum absolute atomic E-state index is 0.0332. The van der Waals surface area contributed by atoms with Crippen LogP contribution < -0.4 is 5.69 Å². The Bertz CT molecular complexity index is 730. The molecule has 104 valence electrons. The van der Waals surface area contributed by atoms with Crippen LogP contribution in [0.1, 0.15) is 29.1 Å². The normalized spacial score (nSPS) is 13.7. The first-order chi connectivity index (χ1) is 9.79. The second-order valence-electron chi connectivity index (χ2n) is 4.68. The van der Waals surface area contributed by atoms with E-state index >= 15 is 0 Å². The predicted octanol–water partition coefficient (Wildman–Crippen LogP) is 0.835. The SMILES string of the molecule is O=c1n(Cc2sccc2C#CCO)nc2n1CCCC2. The summed E-state index contributed by atoms with van der Waals surface area (Å²) in [7, 11) is 0. The molecule has 2 aromatic rings. The van der Waals surface area contributed by atoms with Crippen LogP contribution >= 0.6 is 11.3 Å². The molecular formula is C14H15N3O2S. The summed E-state index contributed by atoms with van der Waals surface area (Å²) in [5, 5.41) is 15.1. The number of aromatic nitrogens is 3. The predicted molar refractivity (Wildman–Crippen MR) is 76.8 cm³/mol. The lowest BCUT2D eigenvalue weighted by atomic mass is 10.2. The molecule has 20 heavy (non-hydrogen) atoms. The van der Waals surface area contributed by atoms with Gasteiger partial charge in [0.2, 0.25) is 0 Å². The van der Waals surface area contributed by atoms with Gasteiger partial charge in [0.25, 0.3) is 0 Å². The molecule has 0 saturated carbocycles. The van der Waals surface area contributed by atoms with E-state index in [-0.39, 0.29) is 12.3 Å². The molecule has 1 N–H and O–H groups in total. The Morgan fingerprint density at radius 1 is 1.45 bits per heavy atom. The maximum absolute atomic E-state index is 12.3. The zero-order chi connectivity index (χ0) is 13.9. The number of fused-ring (bicyclic) bond motifs is 1. The second-order valence-corrected chi connectivity index (χ2v) is 5.68. The highest BCUT2D eigenvalue weighted by Gasteiger charge is 2.17. The molecule has 0 atom stereocenters. The summed E-state index contributed by atoms with van der Waals surface area (Å²) in [4.78, 5) is 13.3. The van der Waals surface area contributed by atoms with Gasteiger partial charge in [0.1, 0.15) is 12.4 Å². The van der Waals surface area contributed by atoms with E-state index in [2.05, 4.69) is 16.9 Å². The van der Waals surface area contributed by atoms with Crippen LogP contribution in [-0.2, 0) is 19.5 Å². The molecule has 3 heterocycles. The van der Waals surface area contributed by atoms with Crippen molar-refractivity contribution in [3.8, 4) is 11.8 Å². The topological polar surface area (TPSA) is 60.1 Å². The average Bonchev–Trinajstić information content (AvgIpc) is 3.03. The fourth-order valence-electron chi connectivity index (χ4n) is 2.40. The Kier molecular flexibility index (Phi) is 3.72. The molecule has 0 unspecified atom stereocenters. The van der Waals surface area contributed by atoms with Crippen LogP contribution in [0.15, 0.2) is 16.2 Å². The van der Waals surface area contributed by atoms with Crippen molar-refractivity contribution in [2.45, 2.75) is 32.4 Å². The first-order valence-electron chi connectivity index (χ1n) is 6.62. The van der Waals surface area contributed by atoms with Crippen molar-refractivity contribution in [3.05, 3.63) is 38.2 Å². The lowest BCUT2D eigenvalue weighted by Crippen LogP contribution is -2.27. The zero-order valence-electron chi connectivity index (χ0n) is 11.0. The highest BCUT2D eigenvalue weighted by Crippen LogP contribution is 2.17. The van der Waals surface area contributed by atoms with Crippen molar-refractivity contribution in [2.75, 3.05) is 6.61 Å². The number of rotatable bonds is 2. The quantitative estimate of drug-likeness (QED) is 0.833. The second kappa shape index (κ2) is 5.65. The molecule has 0 aromatic carbocycles. The van der Waals surface area contributed by atoms with Gasteiger partial charge < -0.3 is 5.11 Å². The van der Waals surface area contributed by atoms with E-state index in [0.717, 1.165) is 42.1 Å². The van der Waals surface area contributed by atoms with Gasteiger partial charge in [-0.3, -0.25) is 4.57 Å². The highest BCUT2D eigenvalue weighted by atomic mass is 32.1. The van der Waals surface area contributed by atoms with Gasteiger partial charge in [-0.2, -0.15) is 5.10 Å². The minimum atomic E-state index is -0.159. The van der Waals surface area contributed by atoms with Crippen LogP contribution in [0.4, 0.5) is 0 Å².